The van der Waals surface area contributed by atoms with E-state index in [4.69, 9.17) is 4.74 Å². The average molecular weight is 265 g/mol. The number of allylic oxidation sites excluding steroid dienone is 1. The fourth-order valence-electron chi connectivity index (χ4n) is 3.35. The normalized spacial score (nSPS) is 25.5. The van der Waals surface area contributed by atoms with Crippen LogP contribution in [0.15, 0.2) is 11.8 Å². The third kappa shape index (κ3) is 4.24. The Bertz CT molecular complexity index is 298. The Labute approximate surface area is 119 Å². The Morgan fingerprint density at radius 1 is 1.37 bits per heavy atom. The van der Waals surface area contributed by atoms with Gasteiger partial charge in [-0.3, -0.25) is 0 Å². The van der Waals surface area contributed by atoms with Gasteiger partial charge in [0.15, 0.2) is 0 Å². The van der Waals surface area contributed by atoms with Crippen molar-refractivity contribution in [1.82, 2.24) is 5.32 Å². The zero-order valence-corrected chi connectivity index (χ0v) is 13.0. The predicted octanol–water partition coefficient (Wildman–Crippen LogP) is 4.27. The molecule has 1 heterocycles. The summed E-state index contributed by atoms with van der Waals surface area (Å²) in [5.74, 6) is 2.01. The summed E-state index contributed by atoms with van der Waals surface area (Å²) in [5, 5.41) is 3.74. The third-order valence-electron chi connectivity index (χ3n) is 4.74. The second-order valence-corrected chi connectivity index (χ2v) is 7.03. The molecule has 2 aliphatic rings. The topological polar surface area (TPSA) is 21.3 Å². The zero-order valence-electron chi connectivity index (χ0n) is 13.0. The van der Waals surface area contributed by atoms with E-state index in [1.165, 1.54) is 50.7 Å². The molecule has 1 unspecified atom stereocenters. The Morgan fingerprint density at radius 3 is 2.68 bits per heavy atom. The van der Waals surface area contributed by atoms with Gasteiger partial charge in [-0.2, -0.15) is 0 Å². The second kappa shape index (κ2) is 6.78. The highest BCUT2D eigenvalue weighted by Crippen LogP contribution is 2.40. The summed E-state index contributed by atoms with van der Waals surface area (Å²) in [6, 6.07) is 0.469. The Hall–Kier alpha value is -0.500. The SMILES string of the molecule is CCCNC(C1=CCCCO1)C1CCC(C)(C)CC1. The molecule has 1 aliphatic carbocycles. The Balaban J connectivity index is 1.99. The fourth-order valence-corrected chi connectivity index (χ4v) is 3.35. The van der Waals surface area contributed by atoms with Crippen LogP contribution < -0.4 is 5.32 Å². The summed E-state index contributed by atoms with van der Waals surface area (Å²) >= 11 is 0. The number of hydrogen-bond acceptors (Lipinski definition) is 2. The molecule has 2 nitrogen and oxygen atoms in total. The molecule has 0 radical (unpaired) electrons. The minimum Gasteiger partial charge on any atom is -0.497 e. The lowest BCUT2D eigenvalue weighted by atomic mass is 9.70. The molecule has 0 aromatic heterocycles. The van der Waals surface area contributed by atoms with Crippen LogP contribution in [-0.2, 0) is 4.74 Å². The van der Waals surface area contributed by atoms with Crippen LogP contribution in [0.25, 0.3) is 0 Å². The van der Waals surface area contributed by atoms with E-state index in [1.807, 2.05) is 0 Å². The van der Waals surface area contributed by atoms with Crippen molar-refractivity contribution in [3.8, 4) is 0 Å². The lowest BCUT2D eigenvalue weighted by Crippen LogP contribution is -2.42. The van der Waals surface area contributed by atoms with E-state index in [0.717, 1.165) is 19.1 Å². The van der Waals surface area contributed by atoms with Gasteiger partial charge < -0.3 is 10.1 Å². The number of rotatable bonds is 5. The van der Waals surface area contributed by atoms with Crippen molar-refractivity contribution in [1.29, 1.82) is 0 Å². The predicted molar refractivity (Wildman–Crippen MR) is 81.1 cm³/mol. The van der Waals surface area contributed by atoms with Gasteiger partial charge in [-0.05, 0) is 68.9 Å². The molecule has 1 fully saturated rings. The first-order valence-electron chi connectivity index (χ1n) is 8.18. The maximum absolute atomic E-state index is 5.94. The van der Waals surface area contributed by atoms with Gasteiger partial charge in [0.05, 0.1) is 12.6 Å². The van der Waals surface area contributed by atoms with Crippen molar-refractivity contribution in [3.63, 3.8) is 0 Å². The van der Waals surface area contributed by atoms with Gasteiger partial charge in [0.2, 0.25) is 0 Å². The molecule has 2 rings (SSSR count). The van der Waals surface area contributed by atoms with Crippen LogP contribution in [0.1, 0.15) is 65.7 Å². The second-order valence-electron chi connectivity index (χ2n) is 7.03. The van der Waals surface area contributed by atoms with Gasteiger partial charge in [0.25, 0.3) is 0 Å². The Kier molecular flexibility index (Phi) is 5.32. The van der Waals surface area contributed by atoms with Crippen LogP contribution in [-0.4, -0.2) is 19.2 Å². The van der Waals surface area contributed by atoms with E-state index in [0.29, 0.717) is 11.5 Å². The lowest BCUT2D eigenvalue weighted by molar-refractivity contribution is 0.115. The molecule has 1 atom stereocenters. The van der Waals surface area contributed by atoms with Gasteiger partial charge in [-0.15, -0.1) is 0 Å². The number of hydrogen-bond donors (Lipinski definition) is 1. The van der Waals surface area contributed by atoms with Gasteiger partial charge in [0, 0.05) is 0 Å². The highest BCUT2D eigenvalue weighted by atomic mass is 16.5. The van der Waals surface area contributed by atoms with Crippen LogP contribution >= 0.6 is 0 Å². The zero-order chi connectivity index (χ0) is 13.7. The standard InChI is InChI=1S/C17H31NO/c1-4-12-18-16(15-7-5-6-13-19-15)14-8-10-17(2,3)11-9-14/h7,14,16,18H,4-6,8-13H2,1-3H3. The largest absolute Gasteiger partial charge is 0.497 e. The summed E-state index contributed by atoms with van der Waals surface area (Å²) in [7, 11) is 0. The maximum atomic E-state index is 5.94. The molecule has 0 aromatic rings. The van der Waals surface area contributed by atoms with Gasteiger partial charge in [-0.1, -0.05) is 20.8 Å². The summed E-state index contributed by atoms with van der Waals surface area (Å²) in [5.41, 5.74) is 0.549. The maximum Gasteiger partial charge on any atom is 0.109 e. The van der Waals surface area contributed by atoms with Gasteiger partial charge >= 0.3 is 0 Å². The van der Waals surface area contributed by atoms with Crippen molar-refractivity contribution in [2.24, 2.45) is 11.3 Å². The molecule has 0 aromatic carbocycles. The van der Waals surface area contributed by atoms with Crippen LogP contribution in [0.4, 0.5) is 0 Å². The van der Waals surface area contributed by atoms with Crippen LogP contribution in [0.3, 0.4) is 0 Å². The quantitative estimate of drug-likeness (QED) is 0.801. The van der Waals surface area contributed by atoms with E-state index >= 15 is 0 Å². The number of ether oxygens (including phenoxy) is 1. The minimum absolute atomic E-state index is 0.469. The number of nitrogens with one attached hydrogen (secondary N) is 1. The van der Waals surface area contributed by atoms with Gasteiger partial charge in [-0.25, -0.2) is 0 Å². The monoisotopic (exact) mass is 265 g/mol. The van der Waals surface area contributed by atoms with E-state index in [2.05, 4.69) is 32.2 Å². The average Bonchev–Trinajstić information content (AvgIpc) is 2.42. The molecule has 0 amide bonds. The van der Waals surface area contributed by atoms with E-state index < -0.39 is 0 Å². The van der Waals surface area contributed by atoms with Crippen molar-refractivity contribution in [2.45, 2.75) is 71.8 Å². The molecule has 0 saturated heterocycles. The summed E-state index contributed by atoms with van der Waals surface area (Å²) < 4.78 is 5.94. The van der Waals surface area contributed by atoms with Crippen molar-refractivity contribution < 1.29 is 4.74 Å². The molecule has 2 heteroatoms. The van der Waals surface area contributed by atoms with Crippen molar-refractivity contribution >= 4 is 0 Å². The molecule has 1 aliphatic heterocycles. The molecule has 1 N–H and O–H groups in total. The van der Waals surface area contributed by atoms with Crippen molar-refractivity contribution in [2.75, 3.05) is 13.2 Å². The van der Waals surface area contributed by atoms with Crippen molar-refractivity contribution in [3.05, 3.63) is 11.8 Å². The molecule has 110 valence electrons. The first-order valence-corrected chi connectivity index (χ1v) is 8.18. The molecule has 1 saturated carbocycles. The van der Waals surface area contributed by atoms with Gasteiger partial charge in [0.1, 0.15) is 5.76 Å². The van der Waals surface area contributed by atoms with Crippen LogP contribution in [0, 0.1) is 11.3 Å². The van der Waals surface area contributed by atoms with E-state index in [9.17, 15) is 0 Å². The fraction of sp³-hybridized carbons (Fsp3) is 0.882. The highest BCUT2D eigenvalue weighted by molar-refractivity contribution is 5.08. The molecule has 19 heavy (non-hydrogen) atoms. The summed E-state index contributed by atoms with van der Waals surface area (Å²) in [6.45, 7) is 9.08. The first kappa shape index (κ1) is 14.9. The minimum atomic E-state index is 0.469. The van der Waals surface area contributed by atoms with E-state index in [-0.39, 0.29) is 0 Å². The van der Waals surface area contributed by atoms with Crippen LogP contribution in [0.2, 0.25) is 0 Å². The third-order valence-corrected chi connectivity index (χ3v) is 4.74. The highest BCUT2D eigenvalue weighted by Gasteiger charge is 2.33. The first-order chi connectivity index (χ1) is 9.12. The molecule has 0 bridgehead atoms. The molecule has 0 spiro atoms. The van der Waals surface area contributed by atoms with E-state index in [1.54, 1.807) is 0 Å². The molecular weight excluding hydrogens is 234 g/mol. The Morgan fingerprint density at radius 2 is 2.11 bits per heavy atom. The lowest BCUT2D eigenvalue weighted by Gasteiger charge is -2.39. The smallest absolute Gasteiger partial charge is 0.109 e. The van der Waals surface area contributed by atoms with Crippen LogP contribution in [0.5, 0.6) is 0 Å². The summed E-state index contributed by atoms with van der Waals surface area (Å²) in [4.78, 5) is 0. The molecular formula is C17H31NO. The summed E-state index contributed by atoms with van der Waals surface area (Å²) in [6.07, 6.45) is 11.3.